The minimum absolute atomic E-state index is 0.0405. The van der Waals surface area contributed by atoms with Crippen LogP contribution in [0.3, 0.4) is 0 Å². The molecule has 25 heavy (non-hydrogen) atoms. The van der Waals surface area contributed by atoms with Gasteiger partial charge in [-0.2, -0.15) is 0 Å². The molecule has 2 unspecified atom stereocenters. The predicted molar refractivity (Wildman–Crippen MR) is 97.2 cm³/mol. The highest BCUT2D eigenvalue weighted by Gasteiger charge is 2.33. The fraction of sp³-hybridized carbons (Fsp3) is 0.684. The number of carbonyl (C=O) groups excluding carboxylic acids is 1. The third kappa shape index (κ3) is 4.06. The topological polar surface area (TPSA) is 66.8 Å². The molecule has 1 aliphatic heterocycles. The summed E-state index contributed by atoms with van der Waals surface area (Å²) in [5.41, 5.74) is 1.59. The van der Waals surface area contributed by atoms with Gasteiger partial charge in [0.2, 0.25) is 0 Å². The van der Waals surface area contributed by atoms with E-state index < -0.39 is 5.97 Å². The summed E-state index contributed by atoms with van der Waals surface area (Å²) in [6.45, 7) is 8.08. The van der Waals surface area contributed by atoms with Crippen LogP contribution in [-0.4, -0.2) is 47.7 Å². The van der Waals surface area contributed by atoms with E-state index in [2.05, 4.69) is 20.8 Å². The van der Waals surface area contributed by atoms with Crippen molar-refractivity contribution in [1.82, 2.24) is 4.90 Å². The molecule has 0 saturated carbocycles. The molecule has 1 saturated heterocycles. The summed E-state index contributed by atoms with van der Waals surface area (Å²) in [7, 11) is 0. The third-order valence-corrected chi connectivity index (χ3v) is 6.64. The van der Waals surface area contributed by atoms with Crippen LogP contribution < -0.4 is 0 Å². The second-order valence-corrected chi connectivity index (χ2v) is 9.33. The SMILES string of the molecule is CC(C)(C)C1CCc2sc(C(=O)N3CCOCC3CC(=O)O)cc2C1. The van der Waals surface area contributed by atoms with E-state index in [1.54, 1.807) is 16.2 Å². The number of fused-ring (bicyclic) bond motifs is 1. The zero-order valence-electron chi connectivity index (χ0n) is 15.2. The molecule has 0 bridgehead atoms. The molecule has 0 spiro atoms. The van der Waals surface area contributed by atoms with Crippen LogP contribution in [0.4, 0.5) is 0 Å². The van der Waals surface area contributed by atoms with Gasteiger partial charge < -0.3 is 14.7 Å². The van der Waals surface area contributed by atoms with Crippen LogP contribution in [0.2, 0.25) is 0 Å². The van der Waals surface area contributed by atoms with Crippen molar-refractivity contribution >= 4 is 23.2 Å². The number of carboxylic acids is 1. The molecule has 1 amide bonds. The Morgan fingerprint density at radius 2 is 2.16 bits per heavy atom. The van der Waals surface area contributed by atoms with Gasteiger partial charge in [-0.25, -0.2) is 0 Å². The van der Waals surface area contributed by atoms with Crippen molar-refractivity contribution in [2.75, 3.05) is 19.8 Å². The lowest BCUT2D eigenvalue weighted by atomic mass is 9.72. The number of carboxylic acid groups (broad SMARTS) is 1. The lowest BCUT2D eigenvalue weighted by Crippen LogP contribution is -2.49. The summed E-state index contributed by atoms with van der Waals surface area (Å²) in [5, 5.41) is 9.08. The van der Waals surface area contributed by atoms with Crippen LogP contribution in [-0.2, 0) is 22.4 Å². The summed E-state index contributed by atoms with van der Waals surface area (Å²) >= 11 is 1.59. The summed E-state index contributed by atoms with van der Waals surface area (Å²) in [6, 6.07) is 1.67. The number of thiophene rings is 1. The molecule has 6 heteroatoms. The van der Waals surface area contributed by atoms with E-state index in [0.717, 1.165) is 17.7 Å². The molecule has 5 nitrogen and oxygen atoms in total. The van der Waals surface area contributed by atoms with E-state index in [0.29, 0.717) is 25.7 Å². The predicted octanol–water partition coefficient (Wildman–Crippen LogP) is 3.21. The highest BCUT2D eigenvalue weighted by atomic mass is 32.1. The van der Waals surface area contributed by atoms with E-state index in [-0.39, 0.29) is 23.8 Å². The molecule has 1 aromatic heterocycles. The summed E-state index contributed by atoms with van der Waals surface area (Å²) < 4.78 is 5.38. The fourth-order valence-electron chi connectivity index (χ4n) is 3.80. The lowest BCUT2D eigenvalue weighted by molar-refractivity contribution is -0.139. The van der Waals surface area contributed by atoms with Gasteiger partial charge in [0.1, 0.15) is 0 Å². The lowest BCUT2D eigenvalue weighted by Gasteiger charge is -2.34. The average molecular weight is 365 g/mol. The summed E-state index contributed by atoms with van der Waals surface area (Å²) in [4.78, 5) is 27.8. The molecule has 3 rings (SSSR count). The second-order valence-electron chi connectivity index (χ2n) is 8.19. The minimum atomic E-state index is -0.896. The number of amides is 1. The zero-order chi connectivity index (χ0) is 18.2. The average Bonchev–Trinajstić information content (AvgIpc) is 2.96. The molecule has 1 fully saturated rings. The number of ether oxygens (including phenoxy) is 1. The first-order chi connectivity index (χ1) is 11.8. The van der Waals surface area contributed by atoms with Crippen molar-refractivity contribution in [3.05, 3.63) is 21.4 Å². The Balaban J connectivity index is 1.77. The second kappa shape index (κ2) is 7.08. The first-order valence-corrected chi connectivity index (χ1v) is 9.79. The van der Waals surface area contributed by atoms with Gasteiger partial charge in [-0.3, -0.25) is 9.59 Å². The van der Waals surface area contributed by atoms with E-state index in [1.807, 2.05) is 6.07 Å². The maximum Gasteiger partial charge on any atom is 0.305 e. The number of aryl methyl sites for hydroxylation is 1. The van der Waals surface area contributed by atoms with Crippen molar-refractivity contribution in [3.8, 4) is 0 Å². The molecule has 2 atom stereocenters. The standard InChI is InChI=1S/C19H27NO4S/c1-19(2,3)13-4-5-15-12(8-13)9-16(25-15)18(23)20-6-7-24-11-14(20)10-17(21)22/h9,13-14H,4-8,10-11H2,1-3H3,(H,21,22). The van der Waals surface area contributed by atoms with Crippen molar-refractivity contribution in [1.29, 1.82) is 0 Å². The summed E-state index contributed by atoms with van der Waals surface area (Å²) in [6.07, 6.45) is 3.17. The molecule has 0 aromatic carbocycles. The molecular formula is C19H27NO4S. The Morgan fingerprint density at radius 1 is 1.40 bits per heavy atom. The van der Waals surface area contributed by atoms with Gasteiger partial charge in [0.25, 0.3) is 5.91 Å². The van der Waals surface area contributed by atoms with Crippen molar-refractivity contribution in [3.63, 3.8) is 0 Å². The highest BCUT2D eigenvalue weighted by molar-refractivity contribution is 7.14. The fourth-order valence-corrected chi connectivity index (χ4v) is 4.97. The number of hydrogen-bond acceptors (Lipinski definition) is 4. The number of nitrogens with zero attached hydrogens (tertiary/aromatic N) is 1. The van der Waals surface area contributed by atoms with E-state index in [9.17, 15) is 9.59 Å². The van der Waals surface area contributed by atoms with Gasteiger partial charge in [-0.15, -0.1) is 11.3 Å². The molecule has 1 aliphatic carbocycles. The summed E-state index contributed by atoms with van der Waals surface area (Å²) in [5.74, 6) is -0.297. The Bertz CT molecular complexity index is 661. The Labute approximate surface area is 153 Å². The first-order valence-electron chi connectivity index (χ1n) is 8.98. The van der Waals surface area contributed by atoms with Gasteiger partial charge in [0.15, 0.2) is 0 Å². The molecular weight excluding hydrogens is 338 g/mol. The molecule has 1 N–H and O–H groups in total. The van der Waals surface area contributed by atoms with Crippen molar-refractivity contribution in [2.24, 2.45) is 11.3 Å². The van der Waals surface area contributed by atoms with Crippen LogP contribution in [0, 0.1) is 11.3 Å². The van der Waals surface area contributed by atoms with Gasteiger partial charge >= 0.3 is 5.97 Å². The van der Waals surface area contributed by atoms with Crippen molar-refractivity contribution < 1.29 is 19.4 Å². The van der Waals surface area contributed by atoms with Crippen molar-refractivity contribution in [2.45, 2.75) is 52.5 Å². The van der Waals surface area contributed by atoms with Crippen LogP contribution in [0.15, 0.2) is 6.07 Å². The largest absolute Gasteiger partial charge is 0.481 e. The normalized spacial score (nSPS) is 24.0. The van der Waals surface area contributed by atoms with Crippen LogP contribution in [0.5, 0.6) is 0 Å². The van der Waals surface area contributed by atoms with Crippen LogP contribution in [0.1, 0.15) is 53.7 Å². The highest BCUT2D eigenvalue weighted by Crippen LogP contribution is 2.40. The molecule has 2 aliphatic rings. The number of aliphatic carboxylic acids is 1. The molecule has 1 aromatic rings. The maximum absolute atomic E-state index is 13.0. The molecule has 2 heterocycles. The first kappa shape index (κ1) is 18.4. The molecule has 138 valence electrons. The number of morpholine rings is 1. The quantitative estimate of drug-likeness (QED) is 0.893. The Hall–Kier alpha value is -1.40. The Morgan fingerprint density at radius 3 is 2.84 bits per heavy atom. The van der Waals surface area contributed by atoms with Crippen LogP contribution in [0.25, 0.3) is 0 Å². The van der Waals surface area contributed by atoms with Gasteiger partial charge in [0.05, 0.1) is 30.6 Å². The Kier molecular flexibility index (Phi) is 5.21. The van der Waals surface area contributed by atoms with E-state index in [4.69, 9.17) is 9.84 Å². The number of rotatable bonds is 3. The number of carbonyl (C=O) groups is 2. The van der Waals surface area contributed by atoms with Crippen LogP contribution >= 0.6 is 11.3 Å². The maximum atomic E-state index is 13.0. The van der Waals surface area contributed by atoms with E-state index in [1.165, 1.54) is 16.9 Å². The monoisotopic (exact) mass is 365 g/mol. The van der Waals surface area contributed by atoms with Gasteiger partial charge in [0, 0.05) is 11.4 Å². The smallest absolute Gasteiger partial charge is 0.305 e. The minimum Gasteiger partial charge on any atom is -0.481 e. The number of hydrogen-bond donors (Lipinski definition) is 1. The van der Waals surface area contributed by atoms with Gasteiger partial charge in [-0.05, 0) is 42.2 Å². The third-order valence-electron chi connectivity index (χ3n) is 5.42. The van der Waals surface area contributed by atoms with E-state index >= 15 is 0 Å². The van der Waals surface area contributed by atoms with Gasteiger partial charge in [-0.1, -0.05) is 20.8 Å². The molecule has 0 radical (unpaired) electrons. The zero-order valence-corrected chi connectivity index (χ0v) is 16.0.